The Hall–Kier alpha value is -1.61. The van der Waals surface area contributed by atoms with E-state index in [1.54, 1.807) is 11.1 Å². The maximum atomic E-state index is 4.45. The smallest absolute Gasteiger partial charge is 0.108 e. The van der Waals surface area contributed by atoms with Gasteiger partial charge in [0.1, 0.15) is 5.82 Å². The molecule has 1 aromatic heterocycles. The van der Waals surface area contributed by atoms with Gasteiger partial charge in [0.15, 0.2) is 0 Å². The summed E-state index contributed by atoms with van der Waals surface area (Å²) in [5, 5.41) is 3.70. The molecule has 0 fully saturated rings. The van der Waals surface area contributed by atoms with Gasteiger partial charge in [-0.15, -0.1) is 0 Å². The molecule has 0 bridgehead atoms. The van der Waals surface area contributed by atoms with E-state index in [1.165, 1.54) is 18.7 Å². The molecule has 0 spiro atoms. The number of hydrogen-bond acceptors (Lipinski definition) is 2. The number of rotatable bonds is 6. The third-order valence-electron chi connectivity index (χ3n) is 4.72. The van der Waals surface area contributed by atoms with E-state index in [4.69, 9.17) is 0 Å². The normalized spacial score (nSPS) is 16.1. The minimum atomic E-state index is 0.583. The molecule has 21 heavy (non-hydrogen) atoms. The lowest BCUT2D eigenvalue weighted by Crippen LogP contribution is -2.37. The Kier molecular flexibility index (Phi) is 4.39. The Morgan fingerprint density at radius 2 is 2.00 bits per heavy atom. The summed E-state index contributed by atoms with van der Waals surface area (Å²) in [6.45, 7) is 3.24. The van der Waals surface area contributed by atoms with Crippen LogP contribution in [0.5, 0.6) is 0 Å². The highest BCUT2D eigenvalue weighted by molar-refractivity contribution is 5.32. The number of aryl methyl sites for hydroxylation is 2. The van der Waals surface area contributed by atoms with E-state index in [-0.39, 0.29) is 0 Å². The lowest BCUT2D eigenvalue weighted by atomic mass is 9.92. The minimum absolute atomic E-state index is 0.583. The molecule has 2 aromatic rings. The molecule has 1 aromatic carbocycles. The SMILES string of the molecule is CCNC(CCc1nccn1C)C1Cc2ccccc2C1. The van der Waals surface area contributed by atoms with Crippen molar-refractivity contribution < 1.29 is 0 Å². The number of hydrogen-bond donors (Lipinski definition) is 1. The first-order chi connectivity index (χ1) is 10.3. The van der Waals surface area contributed by atoms with Crippen LogP contribution in [-0.4, -0.2) is 22.1 Å². The summed E-state index contributed by atoms with van der Waals surface area (Å²) in [4.78, 5) is 4.45. The zero-order valence-electron chi connectivity index (χ0n) is 13.0. The molecule has 1 heterocycles. The number of fused-ring (bicyclic) bond motifs is 1. The largest absolute Gasteiger partial charge is 0.338 e. The van der Waals surface area contributed by atoms with Crippen molar-refractivity contribution in [2.24, 2.45) is 13.0 Å². The van der Waals surface area contributed by atoms with Crippen molar-refractivity contribution in [1.82, 2.24) is 14.9 Å². The molecule has 0 aliphatic heterocycles. The number of imidazole rings is 1. The van der Waals surface area contributed by atoms with Gasteiger partial charge in [-0.1, -0.05) is 31.2 Å². The van der Waals surface area contributed by atoms with Crippen molar-refractivity contribution in [1.29, 1.82) is 0 Å². The second-order valence-corrected chi connectivity index (χ2v) is 6.09. The zero-order chi connectivity index (χ0) is 14.7. The van der Waals surface area contributed by atoms with Crippen LogP contribution in [0.25, 0.3) is 0 Å². The minimum Gasteiger partial charge on any atom is -0.338 e. The summed E-state index contributed by atoms with van der Waals surface area (Å²) in [5.74, 6) is 1.91. The van der Waals surface area contributed by atoms with Crippen LogP contribution in [0.1, 0.15) is 30.3 Å². The van der Waals surface area contributed by atoms with Gasteiger partial charge in [0.2, 0.25) is 0 Å². The fraction of sp³-hybridized carbons (Fsp3) is 0.500. The lowest BCUT2D eigenvalue weighted by molar-refractivity contribution is 0.348. The Balaban J connectivity index is 1.64. The van der Waals surface area contributed by atoms with E-state index in [0.717, 1.165) is 25.3 Å². The Labute approximate surface area is 127 Å². The highest BCUT2D eigenvalue weighted by Crippen LogP contribution is 2.30. The van der Waals surface area contributed by atoms with Gasteiger partial charge in [-0.05, 0) is 42.9 Å². The maximum absolute atomic E-state index is 4.45. The summed E-state index contributed by atoms with van der Waals surface area (Å²) < 4.78 is 2.13. The second-order valence-electron chi connectivity index (χ2n) is 6.09. The maximum Gasteiger partial charge on any atom is 0.108 e. The molecular formula is C18H25N3. The molecule has 3 heteroatoms. The summed E-state index contributed by atoms with van der Waals surface area (Å²) in [6, 6.07) is 9.49. The van der Waals surface area contributed by atoms with Crippen LogP contribution in [0.2, 0.25) is 0 Å². The molecule has 1 unspecified atom stereocenters. The number of benzene rings is 1. The van der Waals surface area contributed by atoms with E-state index in [1.807, 2.05) is 12.4 Å². The quantitative estimate of drug-likeness (QED) is 0.883. The average Bonchev–Trinajstić information content (AvgIpc) is 3.09. The van der Waals surface area contributed by atoms with Crippen LogP contribution in [0, 0.1) is 5.92 Å². The topological polar surface area (TPSA) is 29.9 Å². The molecule has 112 valence electrons. The van der Waals surface area contributed by atoms with Gasteiger partial charge in [-0.3, -0.25) is 0 Å². The predicted octanol–water partition coefficient (Wildman–Crippen LogP) is 2.75. The second kappa shape index (κ2) is 6.44. The lowest BCUT2D eigenvalue weighted by Gasteiger charge is -2.24. The van der Waals surface area contributed by atoms with Crippen LogP contribution in [0.4, 0.5) is 0 Å². The Morgan fingerprint density at radius 1 is 1.29 bits per heavy atom. The van der Waals surface area contributed by atoms with Gasteiger partial charge < -0.3 is 9.88 Å². The Bertz CT molecular complexity index is 563. The standard InChI is InChI=1S/C18H25N3/c1-3-19-17(8-9-18-20-10-11-21(18)2)16-12-14-6-4-5-7-15(14)13-16/h4-7,10-11,16-17,19H,3,8-9,12-13H2,1-2H3. The van der Waals surface area contributed by atoms with Gasteiger partial charge in [-0.25, -0.2) is 4.98 Å². The summed E-state index contributed by atoms with van der Waals surface area (Å²) in [7, 11) is 2.08. The van der Waals surface area contributed by atoms with Crippen molar-refractivity contribution in [2.75, 3.05) is 6.54 Å². The molecule has 0 amide bonds. The van der Waals surface area contributed by atoms with Crippen molar-refractivity contribution >= 4 is 0 Å². The van der Waals surface area contributed by atoms with Crippen molar-refractivity contribution in [2.45, 2.75) is 38.6 Å². The average molecular weight is 283 g/mol. The van der Waals surface area contributed by atoms with Gasteiger partial charge in [0.05, 0.1) is 0 Å². The van der Waals surface area contributed by atoms with Crippen LogP contribution in [0.3, 0.4) is 0 Å². The molecule has 0 saturated carbocycles. The van der Waals surface area contributed by atoms with Crippen molar-refractivity contribution in [3.8, 4) is 0 Å². The fourth-order valence-electron chi connectivity index (χ4n) is 3.57. The predicted molar refractivity (Wildman–Crippen MR) is 86.3 cm³/mol. The summed E-state index contributed by atoms with van der Waals surface area (Å²) in [6.07, 6.45) is 8.57. The molecule has 1 atom stereocenters. The molecule has 1 aliphatic carbocycles. The molecule has 3 nitrogen and oxygen atoms in total. The highest BCUT2D eigenvalue weighted by Gasteiger charge is 2.27. The third kappa shape index (κ3) is 3.18. The fourth-order valence-corrected chi connectivity index (χ4v) is 3.57. The Morgan fingerprint density at radius 3 is 2.57 bits per heavy atom. The van der Waals surface area contributed by atoms with Gasteiger partial charge >= 0.3 is 0 Å². The summed E-state index contributed by atoms with van der Waals surface area (Å²) >= 11 is 0. The van der Waals surface area contributed by atoms with Gasteiger partial charge in [0, 0.05) is 31.9 Å². The van der Waals surface area contributed by atoms with E-state index in [9.17, 15) is 0 Å². The molecular weight excluding hydrogens is 258 g/mol. The molecule has 3 rings (SSSR count). The van der Waals surface area contributed by atoms with E-state index in [2.05, 4.69) is 53.1 Å². The van der Waals surface area contributed by atoms with Crippen LogP contribution >= 0.6 is 0 Å². The number of nitrogens with zero attached hydrogens (tertiary/aromatic N) is 2. The van der Waals surface area contributed by atoms with Gasteiger partial charge in [-0.2, -0.15) is 0 Å². The molecule has 0 radical (unpaired) electrons. The van der Waals surface area contributed by atoms with Crippen LogP contribution < -0.4 is 5.32 Å². The highest BCUT2D eigenvalue weighted by atomic mass is 15.0. The monoisotopic (exact) mass is 283 g/mol. The van der Waals surface area contributed by atoms with Gasteiger partial charge in [0.25, 0.3) is 0 Å². The number of aromatic nitrogens is 2. The summed E-state index contributed by atoms with van der Waals surface area (Å²) in [5.41, 5.74) is 3.09. The van der Waals surface area contributed by atoms with Crippen LogP contribution in [-0.2, 0) is 26.3 Å². The van der Waals surface area contributed by atoms with Crippen molar-refractivity contribution in [3.05, 3.63) is 53.6 Å². The first kappa shape index (κ1) is 14.3. The van der Waals surface area contributed by atoms with E-state index in [0.29, 0.717) is 6.04 Å². The molecule has 1 aliphatic rings. The van der Waals surface area contributed by atoms with Crippen molar-refractivity contribution in [3.63, 3.8) is 0 Å². The molecule has 0 saturated heterocycles. The zero-order valence-corrected chi connectivity index (χ0v) is 13.0. The first-order valence-corrected chi connectivity index (χ1v) is 8.04. The first-order valence-electron chi connectivity index (χ1n) is 8.04. The number of nitrogens with one attached hydrogen (secondary N) is 1. The van der Waals surface area contributed by atoms with E-state index < -0.39 is 0 Å². The molecule has 1 N–H and O–H groups in total. The van der Waals surface area contributed by atoms with E-state index >= 15 is 0 Å². The third-order valence-corrected chi connectivity index (χ3v) is 4.72. The van der Waals surface area contributed by atoms with Crippen LogP contribution in [0.15, 0.2) is 36.7 Å².